The quantitative estimate of drug-likeness (QED) is 0.760. The maximum atomic E-state index is 12.7. The molecule has 1 aromatic carbocycles. The number of aryl methyl sites for hydroxylation is 2. The van der Waals surface area contributed by atoms with Crippen molar-refractivity contribution in [1.82, 2.24) is 9.88 Å². The smallest absolute Gasteiger partial charge is 0.337 e. The second-order valence-electron chi connectivity index (χ2n) is 6.93. The second-order valence-corrected chi connectivity index (χ2v) is 6.93. The lowest BCUT2D eigenvalue weighted by Crippen LogP contribution is -2.34. The zero-order valence-corrected chi connectivity index (χ0v) is 16.2. The summed E-state index contributed by atoms with van der Waals surface area (Å²) in [7, 11) is 1.32. The molecule has 0 aliphatic carbocycles. The van der Waals surface area contributed by atoms with E-state index in [2.05, 4.69) is 19.2 Å². The van der Waals surface area contributed by atoms with E-state index in [1.54, 1.807) is 48.0 Å². The van der Waals surface area contributed by atoms with Crippen LogP contribution in [0.25, 0.3) is 0 Å². The summed E-state index contributed by atoms with van der Waals surface area (Å²) in [6, 6.07) is 8.61. The van der Waals surface area contributed by atoms with Gasteiger partial charge in [0.2, 0.25) is 0 Å². The number of aromatic nitrogens is 1. The second kappa shape index (κ2) is 9.16. The maximum Gasteiger partial charge on any atom is 0.337 e. The van der Waals surface area contributed by atoms with Gasteiger partial charge in [-0.05, 0) is 48.6 Å². The molecular formula is C21H26N2O4. The Morgan fingerprint density at radius 3 is 2.63 bits per heavy atom. The van der Waals surface area contributed by atoms with E-state index >= 15 is 0 Å². The first-order valence-corrected chi connectivity index (χ1v) is 8.99. The van der Waals surface area contributed by atoms with Gasteiger partial charge in [0.15, 0.2) is 0 Å². The number of methoxy groups -OCH3 is 1. The maximum absolute atomic E-state index is 12.7. The highest BCUT2D eigenvalue weighted by atomic mass is 16.5. The molecule has 1 amide bonds. The van der Waals surface area contributed by atoms with Gasteiger partial charge in [-0.25, -0.2) is 4.79 Å². The number of nitrogens with one attached hydrogen (secondary N) is 1. The van der Waals surface area contributed by atoms with E-state index in [-0.39, 0.29) is 17.7 Å². The molecule has 2 aromatic rings. The van der Waals surface area contributed by atoms with Crippen LogP contribution in [-0.4, -0.2) is 23.6 Å². The van der Waals surface area contributed by atoms with Crippen LogP contribution in [0.2, 0.25) is 0 Å². The molecule has 0 aliphatic rings. The molecule has 0 bridgehead atoms. The predicted molar refractivity (Wildman–Crippen MR) is 104 cm³/mol. The SMILES string of the molecule is COC(=O)c1cccc(CNC(=O)c2c(C)ccn(CCC(C)C)c2=O)c1. The number of amides is 1. The summed E-state index contributed by atoms with van der Waals surface area (Å²) in [5.41, 5.74) is 1.68. The summed E-state index contributed by atoms with van der Waals surface area (Å²) in [5.74, 6) is -0.382. The van der Waals surface area contributed by atoms with E-state index in [9.17, 15) is 14.4 Å². The van der Waals surface area contributed by atoms with E-state index in [4.69, 9.17) is 4.74 Å². The fourth-order valence-corrected chi connectivity index (χ4v) is 2.71. The summed E-state index contributed by atoms with van der Waals surface area (Å²) in [6.45, 7) is 6.73. The molecule has 0 saturated carbocycles. The zero-order chi connectivity index (χ0) is 20.0. The molecule has 0 aliphatic heterocycles. The molecule has 0 saturated heterocycles. The normalized spacial score (nSPS) is 10.7. The topological polar surface area (TPSA) is 77.4 Å². The highest BCUT2D eigenvalue weighted by Gasteiger charge is 2.16. The molecule has 1 aromatic heterocycles. The first-order chi connectivity index (χ1) is 12.8. The summed E-state index contributed by atoms with van der Waals surface area (Å²) in [6.07, 6.45) is 2.60. The molecule has 6 nitrogen and oxygen atoms in total. The van der Waals surface area contributed by atoms with E-state index in [0.29, 0.717) is 23.6 Å². The minimum absolute atomic E-state index is 0.158. The molecule has 0 radical (unpaired) electrons. The highest BCUT2D eigenvalue weighted by Crippen LogP contribution is 2.08. The molecule has 27 heavy (non-hydrogen) atoms. The van der Waals surface area contributed by atoms with Crippen LogP contribution in [0.4, 0.5) is 0 Å². The highest BCUT2D eigenvalue weighted by molar-refractivity contribution is 5.95. The van der Waals surface area contributed by atoms with E-state index in [1.165, 1.54) is 7.11 Å². The van der Waals surface area contributed by atoms with Crippen LogP contribution < -0.4 is 10.9 Å². The third-order valence-corrected chi connectivity index (χ3v) is 4.35. The van der Waals surface area contributed by atoms with Crippen LogP contribution in [-0.2, 0) is 17.8 Å². The number of nitrogens with zero attached hydrogens (tertiary/aromatic N) is 1. The van der Waals surface area contributed by atoms with Gasteiger partial charge in [0, 0.05) is 19.3 Å². The Hall–Kier alpha value is -2.89. The number of pyridine rings is 1. The van der Waals surface area contributed by atoms with Gasteiger partial charge in [0.05, 0.1) is 12.7 Å². The van der Waals surface area contributed by atoms with Gasteiger partial charge < -0.3 is 14.6 Å². The van der Waals surface area contributed by atoms with E-state index in [1.807, 2.05) is 0 Å². The molecule has 0 fully saturated rings. The summed E-state index contributed by atoms with van der Waals surface area (Å²) in [4.78, 5) is 36.9. The van der Waals surface area contributed by atoms with Gasteiger partial charge >= 0.3 is 5.97 Å². The fraction of sp³-hybridized carbons (Fsp3) is 0.381. The van der Waals surface area contributed by atoms with Crippen molar-refractivity contribution in [3.63, 3.8) is 0 Å². The van der Waals surface area contributed by atoms with Gasteiger partial charge in [-0.3, -0.25) is 9.59 Å². The standard InChI is InChI=1S/C21H26N2O4/c1-14(2)8-10-23-11-9-15(3)18(20(23)25)19(24)22-13-16-6-5-7-17(12-16)21(26)27-4/h5-7,9,11-12,14H,8,10,13H2,1-4H3,(H,22,24). The molecule has 0 atom stereocenters. The lowest BCUT2D eigenvalue weighted by atomic mass is 10.1. The van der Waals surface area contributed by atoms with Crippen molar-refractivity contribution in [1.29, 1.82) is 0 Å². The number of carbonyl (C=O) groups excluding carboxylic acids is 2. The number of hydrogen-bond acceptors (Lipinski definition) is 4. The third kappa shape index (κ3) is 5.29. The average Bonchev–Trinajstić information content (AvgIpc) is 2.65. The summed E-state index contributed by atoms with van der Waals surface area (Å²) >= 11 is 0. The van der Waals surface area contributed by atoms with Gasteiger partial charge in [0.1, 0.15) is 5.56 Å². The van der Waals surface area contributed by atoms with Crippen molar-refractivity contribution < 1.29 is 14.3 Å². The molecule has 1 heterocycles. The number of hydrogen-bond donors (Lipinski definition) is 1. The number of benzene rings is 1. The Labute approximate surface area is 159 Å². The molecule has 0 unspecified atom stereocenters. The van der Waals surface area contributed by atoms with Crippen LogP contribution >= 0.6 is 0 Å². The van der Waals surface area contributed by atoms with E-state index in [0.717, 1.165) is 12.0 Å². The monoisotopic (exact) mass is 370 g/mol. The van der Waals surface area contributed by atoms with Crippen LogP contribution in [0.3, 0.4) is 0 Å². The minimum atomic E-state index is -0.435. The largest absolute Gasteiger partial charge is 0.465 e. The summed E-state index contributed by atoms with van der Waals surface area (Å²) < 4.78 is 6.28. The van der Waals surface area contributed by atoms with Crippen LogP contribution in [0.1, 0.15) is 52.1 Å². The lowest BCUT2D eigenvalue weighted by Gasteiger charge is -2.12. The van der Waals surface area contributed by atoms with E-state index < -0.39 is 11.9 Å². The van der Waals surface area contributed by atoms with Crippen molar-refractivity contribution in [3.8, 4) is 0 Å². The molecular weight excluding hydrogens is 344 g/mol. The van der Waals surface area contributed by atoms with Gasteiger partial charge in [-0.2, -0.15) is 0 Å². The molecule has 2 rings (SSSR count). The number of rotatable bonds is 7. The van der Waals surface area contributed by atoms with Crippen molar-refractivity contribution in [3.05, 3.63) is 69.1 Å². The van der Waals surface area contributed by atoms with Gasteiger partial charge in [-0.1, -0.05) is 26.0 Å². The summed E-state index contributed by atoms with van der Waals surface area (Å²) in [5, 5.41) is 2.77. The Kier molecular flexibility index (Phi) is 6.93. The minimum Gasteiger partial charge on any atom is -0.465 e. The Morgan fingerprint density at radius 1 is 1.22 bits per heavy atom. The zero-order valence-electron chi connectivity index (χ0n) is 16.2. The van der Waals surface area contributed by atoms with Gasteiger partial charge in [0.25, 0.3) is 11.5 Å². The Balaban J connectivity index is 2.15. The predicted octanol–water partition coefficient (Wildman–Crippen LogP) is 2.92. The Bertz CT molecular complexity index is 884. The molecule has 1 N–H and O–H groups in total. The first kappa shape index (κ1) is 20.4. The van der Waals surface area contributed by atoms with Crippen LogP contribution in [0, 0.1) is 12.8 Å². The Morgan fingerprint density at radius 2 is 1.96 bits per heavy atom. The molecule has 6 heteroatoms. The van der Waals surface area contributed by atoms with Crippen LogP contribution in [0.5, 0.6) is 0 Å². The van der Waals surface area contributed by atoms with Gasteiger partial charge in [-0.15, -0.1) is 0 Å². The number of esters is 1. The van der Waals surface area contributed by atoms with Crippen LogP contribution in [0.15, 0.2) is 41.3 Å². The number of ether oxygens (including phenoxy) is 1. The molecule has 0 spiro atoms. The van der Waals surface area contributed by atoms with Crippen molar-refractivity contribution in [2.24, 2.45) is 5.92 Å². The number of carbonyl (C=O) groups is 2. The first-order valence-electron chi connectivity index (χ1n) is 8.99. The fourth-order valence-electron chi connectivity index (χ4n) is 2.71. The van der Waals surface area contributed by atoms with Crippen molar-refractivity contribution in [2.75, 3.05) is 7.11 Å². The van der Waals surface area contributed by atoms with Crippen molar-refractivity contribution in [2.45, 2.75) is 40.3 Å². The van der Waals surface area contributed by atoms with Crippen molar-refractivity contribution >= 4 is 11.9 Å². The molecule has 144 valence electrons. The average molecular weight is 370 g/mol. The third-order valence-electron chi connectivity index (χ3n) is 4.35. The lowest BCUT2D eigenvalue weighted by molar-refractivity contribution is 0.0600.